The fourth-order valence-electron chi connectivity index (χ4n) is 2.94. The van der Waals surface area contributed by atoms with Crippen molar-refractivity contribution in [1.29, 1.82) is 0 Å². The molecule has 2 aliphatic rings. The number of carbonyl (C=O) groups excluding carboxylic acids is 3. The van der Waals surface area contributed by atoms with Crippen LogP contribution in [0.1, 0.15) is 6.42 Å². The van der Waals surface area contributed by atoms with Gasteiger partial charge in [-0.25, -0.2) is 9.48 Å². The normalized spacial score (nSPS) is 20.1. The number of amides is 4. The fourth-order valence-corrected chi connectivity index (χ4v) is 2.94. The summed E-state index contributed by atoms with van der Waals surface area (Å²) >= 11 is 0. The van der Waals surface area contributed by atoms with Crippen molar-refractivity contribution in [3.63, 3.8) is 0 Å². The second kappa shape index (κ2) is 6.91. The number of nitrogens with one attached hydrogen (secondary N) is 2. The van der Waals surface area contributed by atoms with E-state index in [0.29, 0.717) is 13.1 Å². The molecule has 0 spiro atoms. The summed E-state index contributed by atoms with van der Waals surface area (Å²) in [7, 11) is 1.60. The molecule has 134 valence electrons. The zero-order valence-electron chi connectivity index (χ0n) is 13.9. The van der Waals surface area contributed by atoms with Crippen LogP contribution in [0.15, 0.2) is 17.1 Å². The molecular weight excluding hydrogens is 328 g/mol. The van der Waals surface area contributed by atoms with Gasteiger partial charge in [-0.1, -0.05) is 0 Å². The van der Waals surface area contributed by atoms with Crippen LogP contribution in [-0.4, -0.2) is 65.2 Å². The number of aryl methyl sites for hydroxylation is 1. The SMILES string of the molecule is Cn1ncc(N2CC[C@H](CNC(=O)CN3C(=O)CNC3=O)C2)cc1=O. The highest BCUT2D eigenvalue weighted by molar-refractivity contribution is 6.04. The summed E-state index contributed by atoms with van der Waals surface area (Å²) in [5.41, 5.74) is 0.610. The van der Waals surface area contributed by atoms with Crippen LogP contribution in [0.25, 0.3) is 0 Å². The Kier molecular flexibility index (Phi) is 4.68. The van der Waals surface area contributed by atoms with Crippen LogP contribution in [0.2, 0.25) is 0 Å². The van der Waals surface area contributed by atoms with E-state index in [1.54, 1.807) is 19.3 Å². The molecule has 4 amide bonds. The molecule has 10 nitrogen and oxygen atoms in total. The number of anilines is 1. The lowest BCUT2D eigenvalue weighted by Gasteiger charge is -2.18. The van der Waals surface area contributed by atoms with Gasteiger partial charge in [0.05, 0.1) is 18.4 Å². The van der Waals surface area contributed by atoms with Gasteiger partial charge in [0.2, 0.25) is 5.91 Å². The van der Waals surface area contributed by atoms with Crippen molar-refractivity contribution in [2.45, 2.75) is 6.42 Å². The predicted molar refractivity (Wildman–Crippen MR) is 87.9 cm³/mol. The van der Waals surface area contributed by atoms with Crippen molar-refractivity contribution < 1.29 is 14.4 Å². The molecule has 25 heavy (non-hydrogen) atoms. The third-order valence-electron chi connectivity index (χ3n) is 4.43. The Morgan fingerprint density at radius 1 is 1.40 bits per heavy atom. The van der Waals surface area contributed by atoms with Gasteiger partial charge in [0.25, 0.3) is 11.5 Å². The van der Waals surface area contributed by atoms with Gasteiger partial charge in [-0.3, -0.25) is 19.3 Å². The van der Waals surface area contributed by atoms with Crippen LogP contribution in [-0.2, 0) is 16.6 Å². The maximum atomic E-state index is 11.9. The molecule has 2 aliphatic heterocycles. The van der Waals surface area contributed by atoms with Crippen molar-refractivity contribution >= 4 is 23.5 Å². The van der Waals surface area contributed by atoms with Gasteiger partial charge >= 0.3 is 6.03 Å². The molecule has 0 unspecified atom stereocenters. The second-order valence-electron chi connectivity index (χ2n) is 6.22. The molecule has 1 atom stereocenters. The Morgan fingerprint density at radius 3 is 2.88 bits per heavy atom. The molecule has 0 aliphatic carbocycles. The number of hydrogen-bond acceptors (Lipinski definition) is 6. The van der Waals surface area contributed by atoms with Crippen molar-refractivity contribution in [2.24, 2.45) is 13.0 Å². The number of carbonyl (C=O) groups is 3. The molecule has 0 radical (unpaired) electrons. The Labute approximate surface area is 143 Å². The number of aromatic nitrogens is 2. The Morgan fingerprint density at radius 2 is 2.20 bits per heavy atom. The number of nitrogens with zero attached hydrogens (tertiary/aromatic N) is 4. The van der Waals surface area contributed by atoms with Gasteiger partial charge in [0.15, 0.2) is 0 Å². The van der Waals surface area contributed by atoms with Gasteiger partial charge in [-0.2, -0.15) is 5.10 Å². The lowest BCUT2D eigenvalue weighted by molar-refractivity contribution is -0.130. The minimum Gasteiger partial charge on any atom is -0.370 e. The largest absolute Gasteiger partial charge is 0.370 e. The lowest BCUT2D eigenvalue weighted by atomic mass is 10.1. The molecule has 0 saturated carbocycles. The van der Waals surface area contributed by atoms with Crippen molar-refractivity contribution in [3.8, 4) is 0 Å². The van der Waals surface area contributed by atoms with E-state index in [-0.39, 0.29) is 30.5 Å². The van der Waals surface area contributed by atoms with Gasteiger partial charge < -0.3 is 15.5 Å². The molecule has 1 aromatic heterocycles. The molecule has 2 fully saturated rings. The number of imide groups is 1. The van der Waals surface area contributed by atoms with Crippen LogP contribution in [0.3, 0.4) is 0 Å². The Balaban J connectivity index is 1.47. The van der Waals surface area contributed by atoms with Crippen LogP contribution >= 0.6 is 0 Å². The van der Waals surface area contributed by atoms with E-state index in [4.69, 9.17) is 0 Å². The molecular formula is C15H20N6O4. The number of hydrogen-bond donors (Lipinski definition) is 2. The molecule has 1 aromatic rings. The maximum absolute atomic E-state index is 11.9. The maximum Gasteiger partial charge on any atom is 0.325 e. The summed E-state index contributed by atoms with van der Waals surface area (Å²) < 4.78 is 1.27. The van der Waals surface area contributed by atoms with Crippen LogP contribution in [0.4, 0.5) is 10.5 Å². The highest BCUT2D eigenvalue weighted by Crippen LogP contribution is 2.21. The smallest absolute Gasteiger partial charge is 0.325 e. The van der Waals surface area contributed by atoms with Crippen LogP contribution in [0.5, 0.6) is 0 Å². The third-order valence-corrected chi connectivity index (χ3v) is 4.43. The van der Waals surface area contributed by atoms with Crippen molar-refractivity contribution in [2.75, 3.05) is 37.6 Å². The molecule has 3 heterocycles. The van der Waals surface area contributed by atoms with Gasteiger partial charge in [0.1, 0.15) is 6.54 Å². The fraction of sp³-hybridized carbons (Fsp3) is 0.533. The van der Waals surface area contributed by atoms with Gasteiger partial charge in [-0.15, -0.1) is 0 Å². The van der Waals surface area contributed by atoms with E-state index in [9.17, 15) is 19.2 Å². The molecule has 10 heteroatoms. The van der Waals surface area contributed by atoms with E-state index >= 15 is 0 Å². The van der Waals surface area contributed by atoms with E-state index in [1.807, 2.05) is 0 Å². The average molecular weight is 348 g/mol. The van der Waals surface area contributed by atoms with E-state index in [0.717, 1.165) is 23.6 Å². The van der Waals surface area contributed by atoms with Gasteiger partial charge in [-0.05, 0) is 12.3 Å². The first-order valence-corrected chi connectivity index (χ1v) is 8.07. The minimum absolute atomic E-state index is 0.0612. The molecule has 0 aromatic carbocycles. The highest BCUT2D eigenvalue weighted by atomic mass is 16.2. The van der Waals surface area contributed by atoms with E-state index < -0.39 is 11.9 Å². The monoisotopic (exact) mass is 348 g/mol. The first kappa shape index (κ1) is 16.9. The molecule has 2 saturated heterocycles. The minimum atomic E-state index is -0.537. The summed E-state index contributed by atoms with van der Waals surface area (Å²) in [5.74, 6) is -0.527. The molecule has 3 rings (SSSR count). The standard InChI is InChI=1S/C15H20N6O4/c1-19-13(23)4-11(6-18-19)20-3-2-10(8-20)5-16-12(22)9-21-14(24)7-17-15(21)25/h4,6,10H,2-3,5,7-9H2,1H3,(H,16,22)(H,17,25)/t10-/m1/s1. The second-order valence-corrected chi connectivity index (χ2v) is 6.22. The molecule has 0 bridgehead atoms. The van der Waals surface area contributed by atoms with Crippen molar-refractivity contribution in [3.05, 3.63) is 22.6 Å². The number of rotatable bonds is 5. The first-order chi connectivity index (χ1) is 11.9. The summed E-state index contributed by atoms with van der Waals surface area (Å²) in [6.07, 6.45) is 2.53. The number of urea groups is 1. The van der Waals surface area contributed by atoms with E-state index in [2.05, 4.69) is 20.6 Å². The quantitative estimate of drug-likeness (QED) is 0.611. The third kappa shape index (κ3) is 3.78. The molecule has 2 N–H and O–H groups in total. The summed E-state index contributed by atoms with van der Waals surface area (Å²) in [5, 5.41) is 9.15. The highest BCUT2D eigenvalue weighted by Gasteiger charge is 2.30. The summed E-state index contributed by atoms with van der Waals surface area (Å²) in [6.45, 7) is 1.62. The zero-order chi connectivity index (χ0) is 18.0. The topological polar surface area (TPSA) is 117 Å². The lowest BCUT2D eigenvalue weighted by Crippen LogP contribution is -2.42. The average Bonchev–Trinajstić information content (AvgIpc) is 3.18. The van der Waals surface area contributed by atoms with Crippen LogP contribution in [0, 0.1) is 5.92 Å². The Bertz CT molecular complexity index is 745. The van der Waals surface area contributed by atoms with Crippen LogP contribution < -0.4 is 21.1 Å². The Hall–Kier alpha value is -2.91. The first-order valence-electron chi connectivity index (χ1n) is 8.07. The van der Waals surface area contributed by atoms with Gasteiger partial charge in [0, 0.05) is 32.7 Å². The summed E-state index contributed by atoms with van der Waals surface area (Å²) in [4.78, 5) is 49.4. The summed E-state index contributed by atoms with van der Waals surface area (Å²) in [6, 6.07) is 1.01. The van der Waals surface area contributed by atoms with E-state index in [1.165, 1.54) is 4.68 Å². The zero-order valence-corrected chi connectivity index (χ0v) is 13.9. The van der Waals surface area contributed by atoms with Crippen molar-refractivity contribution in [1.82, 2.24) is 25.3 Å². The predicted octanol–water partition coefficient (Wildman–Crippen LogP) is -1.73.